The fourth-order valence-corrected chi connectivity index (χ4v) is 2.90. The molecular formula is C17H14ClN7. The van der Waals surface area contributed by atoms with Crippen molar-refractivity contribution in [1.82, 2.24) is 19.9 Å². The van der Waals surface area contributed by atoms with E-state index in [2.05, 4.69) is 25.3 Å². The Bertz CT molecular complexity index is 1100. The van der Waals surface area contributed by atoms with Crippen LogP contribution in [0.2, 0.25) is 5.02 Å². The van der Waals surface area contributed by atoms with E-state index in [0.717, 1.165) is 16.5 Å². The smallest absolute Gasteiger partial charge is 0.224 e. The second-order valence-corrected chi connectivity index (χ2v) is 5.90. The van der Waals surface area contributed by atoms with Gasteiger partial charge in [-0.1, -0.05) is 35.9 Å². The Labute approximate surface area is 148 Å². The number of nitrogens with one attached hydrogen (secondary N) is 1. The molecule has 0 saturated heterocycles. The third kappa shape index (κ3) is 2.85. The van der Waals surface area contributed by atoms with Gasteiger partial charge in [-0.3, -0.25) is 0 Å². The Morgan fingerprint density at radius 2 is 1.76 bits per heavy atom. The van der Waals surface area contributed by atoms with E-state index in [-0.39, 0.29) is 11.8 Å². The highest BCUT2D eigenvalue weighted by Gasteiger charge is 2.09. The van der Waals surface area contributed by atoms with E-state index in [1.807, 2.05) is 36.4 Å². The van der Waals surface area contributed by atoms with Crippen LogP contribution >= 0.6 is 11.6 Å². The Hall–Kier alpha value is -3.19. The molecule has 0 fully saturated rings. The largest absolute Gasteiger partial charge is 0.382 e. The van der Waals surface area contributed by atoms with E-state index >= 15 is 0 Å². The summed E-state index contributed by atoms with van der Waals surface area (Å²) in [6.45, 7) is 0.471. The Balaban J connectivity index is 1.66. The topological polar surface area (TPSA) is 116 Å². The van der Waals surface area contributed by atoms with Gasteiger partial charge in [-0.2, -0.15) is 9.97 Å². The molecule has 0 aliphatic carbocycles. The quantitative estimate of drug-likeness (QED) is 0.519. The van der Waals surface area contributed by atoms with E-state index < -0.39 is 0 Å². The van der Waals surface area contributed by atoms with Crippen LogP contribution < -0.4 is 16.8 Å². The fraction of sp³-hybridized carbons (Fsp3) is 0.0588. The fourth-order valence-electron chi connectivity index (χ4n) is 2.67. The number of fused-ring (bicyclic) bond motifs is 2. The molecule has 0 spiro atoms. The van der Waals surface area contributed by atoms with Crippen molar-refractivity contribution in [2.45, 2.75) is 6.54 Å². The van der Waals surface area contributed by atoms with Crippen molar-refractivity contribution in [3.05, 3.63) is 53.3 Å². The van der Waals surface area contributed by atoms with E-state index in [4.69, 9.17) is 23.1 Å². The predicted molar refractivity (Wildman–Crippen MR) is 100 cm³/mol. The first kappa shape index (κ1) is 15.3. The first-order valence-corrected chi connectivity index (χ1v) is 7.95. The lowest BCUT2D eigenvalue weighted by Crippen LogP contribution is -2.07. The molecular weight excluding hydrogens is 338 g/mol. The van der Waals surface area contributed by atoms with Crippen molar-refractivity contribution in [2.75, 3.05) is 16.8 Å². The minimum absolute atomic E-state index is 0.0813. The zero-order valence-corrected chi connectivity index (χ0v) is 13.8. The van der Waals surface area contributed by atoms with Crippen molar-refractivity contribution in [1.29, 1.82) is 0 Å². The number of rotatable bonds is 3. The van der Waals surface area contributed by atoms with Crippen LogP contribution in [0.3, 0.4) is 0 Å². The van der Waals surface area contributed by atoms with Gasteiger partial charge < -0.3 is 16.8 Å². The van der Waals surface area contributed by atoms with Crippen molar-refractivity contribution in [3.8, 4) is 0 Å². The minimum Gasteiger partial charge on any atom is -0.382 e. The number of aromatic nitrogens is 4. The van der Waals surface area contributed by atoms with Gasteiger partial charge in [-0.25, -0.2) is 9.97 Å². The molecule has 124 valence electrons. The van der Waals surface area contributed by atoms with Gasteiger partial charge in [-0.15, -0.1) is 0 Å². The molecule has 2 aromatic heterocycles. The molecule has 0 amide bonds. The van der Waals surface area contributed by atoms with Crippen LogP contribution in [0.4, 0.5) is 17.5 Å². The van der Waals surface area contributed by atoms with Crippen LogP contribution in [0.25, 0.3) is 21.9 Å². The number of benzene rings is 2. The van der Waals surface area contributed by atoms with Gasteiger partial charge in [0.1, 0.15) is 0 Å². The summed E-state index contributed by atoms with van der Waals surface area (Å²) in [6, 6.07) is 11.7. The average Bonchev–Trinajstić information content (AvgIpc) is 2.61. The number of nitrogens with two attached hydrogens (primary N) is 2. The average molecular weight is 352 g/mol. The zero-order valence-electron chi connectivity index (χ0n) is 13.1. The Morgan fingerprint density at radius 3 is 2.60 bits per heavy atom. The highest BCUT2D eigenvalue weighted by atomic mass is 35.5. The van der Waals surface area contributed by atoms with Gasteiger partial charge in [0, 0.05) is 21.5 Å². The third-order valence-electron chi connectivity index (χ3n) is 3.83. The Morgan fingerprint density at radius 1 is 0.960 bits per heavy atom. The molecule has 0 atom stereocenters. The summed E-state index contributed by atoms with van der Waals surface area (Å²) in [7, 11) is 0. The van der Waals surface area contributed by atoms with E-state index in [9.17, 15) is 0 Å². The van der Waals surface area contributed by atoms with Crippen LogP contribution in [-0.2, 0) is 6.54 Å². The number of hydrogen-bond donors (Lipinski definition) is 3. The highest BCUT2D eigenvalue weighted by Crippen LogP contribution is 2.29. The summed E-state index contributed by atoms with van der Waals surface area (Å²) in [5.41, 5.74) is 13.9. The van der Waals surface area contributed by atoms with E-state index in [1.165, 1.54) is 0 Å². The molecule has 0 saturated carbocycles. The molecule has 0 radical (unpaired) electrons. The van der Waals surface area contributed by atoms with Crippen LogP contribution in [0, 0.1) is 0 Å². The molecule has 0 aliphatic heterocycles. The summed E-state index contributed by atoms with van der Waals surface area (Å²) in [6.07, 6.45) is 1.64. The van der Waals surface area contributed by atoms with E-state index in [0.29, 0.717) is 28.4 Å². The van der Waals surface area contributed by atoms with Crippen molar-refractivity contribution in [2.24, 2.45) is 0 Å². The molecule has 8 heteroatoms. The summed E-state index contributed by atoms with van der Waals surface area (Å²) in [5.74, 6) is 0.298. The van der Waals surface area contributed by atoms with Gasteiger partial charge in [0.05, 0.1) is 18.4 Å². The van der Waals surface area contributed by atoms with Crippen LogP contribution in [0.15, 0.2) is 42.6 Å². The predicted octanol–water partition coefficient (Wildman–Crippen LogP) is 3.00. The number of hydrogen-bond acceptors (Lipinski definition) is 7. The molecule has 25 heavy (non-hydrogen) atoms. The SMILES string of the molecule is Nc1nc(N)c2nc(CNc3ccc(Cl)c4ccccc34)cnc2n1. The minimum atomic E-state index is 0.0813. The van der Waals surface area contributed by atoms with Gasteiger partial charge in [0.25, 0.3) is 0 Å². The molecule has 4 rings (SSSR count). The number of nitrogen functional groups attached to an aromatic ring is 2. The van der Waals surface area contributed by atoms with Crippen LogP contribution in [0.5, 0.6) is 0 Å². The number of nitrogens with zero attached hydrogens (tertiary/aromatic N) is 4. The molecule has 5 N–H and O–H groups in total. The summed E-state index contributed by atoms with van der Waals surface area (Å²) in [5, 5.41) is 6.11. The van der Waals surface area contributed by atoms with Crippen LogP contribution in [-0.4, -0.2) is 19.9 Å². The lowest BCUT2D eigenvalue weighted by molar-refractivity contribution is 1.03. The van der Waals surface area contributed by atoms with Crippen LogP contribution in [0.1, 0.15) is 5.69 Å². The van der Waals surface area contributed by atoms with Gasteiger partial charge in [0.15, 0.2) is 17.0 Å². The standard InChI is InChI=1S/C17H14ClN7/c18-12-5-6-13(11-4-2-1-3-10(11)12)21-7-9-8-22-16-14(23-9)15(19)24-17(20)25-16/h1-6,8,21H,7H2,(H4,19,20,22,24,25). The maximum atomic E-state index is 6.25. The maximum Gasteiger partial charge on any atom is 0.224 e. The Kier molecular flexibility index (Phi) is 3.70. The van der Waals surface area contributed by atoms with Gasteiger partial charge >= 0.3 is 0 Å². The lowest BCUT2D eigenvalue weighted by atomic mass is 10.1. The van der Waals surface area contributed by atoms with Crippen molar-refractivity contribution in [3.63, 3.8) is 0 Å². The van der Waals surface area contributed by atoms with Gasteiger partial charge in [-0.05, 0) is 12.1 Å². The third-order valence-corrected chi connectivity index (χ3v) is 4.16. The second-order valence-electron chi connectivity index (χ2n) is 5.49. The number of anilines is 3. The molecule has 2 aromatic carbocycles. The van der Waals surface area contributed by atoms with Gasteiger partial charge in [0.2, 0.25) is 5.95 Å². The highest BCUT2D eigenvalue weighted by molar-refractivity contribution is 6.36. The van der Waals surface area contributed by atoms with E-state index in [1.54, 1.807) is 6.20 Å². The molecule has 7 nitrogen and oxygen atoms in total. The lowest BCUT2D eigenvalue weighted by Gasteiger charge is -2.11. The summed E-state index contributed by atoms with van der Waals surface area (Å²) < 4.78 is 0. The molecule has 0 aliphatic rings. The number of halogens is 1. The molecule has 4 aromatic rings. The molecule has 2 heterocycles. The second kappa shape index (κ2) is 6.03. The summed E-state index contributed by atoms with van der Waals surface area (Å²) in [4.78, 5) is 16.7. The zero-order chi connectivity index (χ0) is 17.4. The van der Waals surface area contributed by atoms with Crippen molar-refractivity contribution >= 4 is 51.0 Å². The first-order chi connectivity index (χ1) is 12.1. The summed E-state index contributed by atoms with van der Waals surface area (Å²) >= 11 is 6.25. The molecule has 0 bridgehead atoms. The normalized spacial score (nSPS) is 11.1. The molecule has 0 unspecified atom stereocenters. The first-order valence-electron chi connectivity index (χ1n) is 7.57. The van der Waals surface area contributed by atoms with Crippen molar-refractivity contribution < 1.29 is 0 Å². The maximum absolute atomic E-state index is 6.25. The monoisotopic (exact) mass is 351 g/mol.